The average molecular weight is 192 g/mol. The Labute approximate surface area is 82.3 Å². The van der Waals surface area contributed by atoms with E-state index in [1.54, 1.807) is 17.9 Å². The molecule has 5 heteroatoms. The molecule has 0 aliphatic carbocycles. The van der Waals surface area contributed by atoms with Gasteiger partial charge in [0.25, 0.3) is 0 Å². The first-order valence-corrected chi connectivity index (χ1v) is 4.11. The SMILES string of the molecule is C#CCC(=O)NCc1cnn(C)c1N. The molecule has 0 radical (unpaired) electrons. The van der Waals surface area contributed by atoms with E-state index < -0.39 is 0 Å². The van der Waals surface area contributed by atoms with Crippen molar-refractivity contribution in [2.75, 3.05) is 5.73 Å². The zero-order chi connectivity index (χ0) is 10.6. The summed E-state index contributed by atoms with van der Waals surface area (Å²) >= 11 is 0. The van der Waals surface area contributed by atoms with Crippen LogP contribution in [0.3, 0.4) is 0 Å². The van der Waals surface area contributed by atoms with Crippen molar-refractivity contribution >= 4 is 11.7 Å². The topological polar surface area (TPSA) is 72.9 Å². The summed E-state index contributed by atoms with van der Waals surface area (Å²) in [5.74, 6) is 2.62. The number of carbonyl (C=O) groups excluding carboxylic acids is 1. The zero-order valence-electron chi connectivity index (χ0n) is 7.95. The highest BCUT2D eigenvalue weighted by Crippen LogP contribution is 2.07. The zero-order valence-corrected chi connectivity index (χ0v) is 7.95. The molecule has 0 aliphatic rings. The van der Waals surface area contributed by atoms with E-state index in [4.69, 9.17) is 12.2 Å². The van der Waals surface area contributed by atoms with Crippen LogP contribution in [0.2, 0.25) is 0 Å². The predicted molar refractivity (Wildman–Crippen MR) is 52.9 cm³/mol. The monoisotopic (exact) mass is 192 g/mol. The maximum Gasteiger partial charge on any atom is 0.232 e. The minimum atomic E-state index is -0.184. The van der Waals surface area contributed by atoms with E-state index in [0.29, 0.717) is 12.4 Å². The highest BCUT2D eigenvalue weighted by molar-refractivity contribution is 5.78. The number of hydrogen-bond acceptors (Lipinski definition) is 3. The van der Waals surface area contributed by atoms with Crippen molar-refractivity contribution in [3.05, 3.63) is 11.8 Å². The molecule has 74 valence electrons. The summed E-state index contributed by atoms with van der Waals surface area (Å²) in [5, 5.41) is 6.58. The average Bonchev–Trinajstić information content (AvgIpc) is 2.46. The number of rotatable bonds is 3. The Hall–Kier alpha value is -1.96. The molecule has 5 nitrogen and oxygen atoms in total. The Bertz CT molecular complexity index is 375. The molecule has 1 aromatic rings. The second-order valence-electron chi connectivity index (χ2n) is 2.84. The molecule has 1 amide bonds. The minimum Gasteiger partial charge on any atom is -0.384 e. The van der Waals surface area contributed by atoms with Gasteiger partial charge in [0.15, 0.2) is 0 Å². The van der Waals surface area contributed by atoms with Crippen LogP contribution in [0.15, 0.2) is 6.20 Å². The number of nitrogen functional groups attached to an aromatic ring is 1. The van der Waals surface area contributed by atoms with Gasteiger partial charge in [-0.15, -0.1) is 6.42 Å². The third kappa shape index (κ3) is 2.26. The summed E-state index contributed by atoms with van der Waals surface area (Å²) in [4.78, 5) is 11.0. The first-order chi connectivity index (χ1) is 6.65. The van der Waals surface area contributed by atoms with Crippen molar-refractivity contribution in [1.82, 2.24) is 15.1 Å². The van der Waals surface area contributed by atoms with Crippen LogP contribution in [0.5, 0.6) is 0 Å². The maximum absolute atomic E-state index is 11.0. The largest absolute Gasteiger partial charge is 0.384 e. The van der Waals surface area contributed by atoms with Gasteiger partial charge < -0.3 is 11.1 Å². The van der Waals surface area contributed by atoms with Gasteiger partial charge in [-0.3, -0.25) is 9.48 Å². The van der Waals surface area contributed by atoms with Crippen LogP contribution in [-0.4, -0.2) is 15.7 Å². The fourth-order valence-corrected chi connectivity index (χ4v) is 0.978. The Morgan fingerprint density at radius 2 is 2.57 bits per heavy atom. The van der Waals surface area contributed by atoms with Crippen molar-refractivity contribution < 1.29 is 4.79 Å². The second kappa shape index (κ2) is 4.33. The number of anilines is 1. The number of hydrogen-bond donors (Lipinski definition) is 2. The van der Waals surface area contributed by atoms with E-state index in [1.165, 1.54) is 0 Å². The quantitative estimate of drug-likeness (QED) is 0.642. The van der Waals surface area contributed by atoms with Crippen molar-refractivity contribution in [3.8, 4) is 12.3 Å². The maximum atomic E-state index is 11.0. The summed E-state index contributed by atoms with van der Waals surface area (Å²) in [6.45, 7) is 0.361. The van der Waals surface area contributed by atoms with Crippen molar-refractivity contribution in [1.29, 1.82) is 0 Å². The molecule has 1 rings (SSSR count). The summed E-state index contributed by atoms with van der Waals surface area (Å²) < 4.78 is 1.54. The van der Waals surface area contributed by atoms with Gasteiger partial charge in [-0.1, -0.05) is 5.92 Å². The molecule has 0 aromatic carbocycles. The third-order valence-electron chi connectivity index (χ3n) is 1.80. The van der Waals surface area contributed by atoms with E-state index in [9.17, 15) is 4.79 Å². The summed E-state index contributed by atoms with van der Waals surface area (Å²) in [7, 11) is 1.74. The van der Waals surface area contributed by atoms with Gasteiger partial charge in [0.1, 0.15) is 5.82 Å². The number of terminal acetylenes is 1. The molecule has 1 heterocycles. The van der Waals surface area contributed by atoms with Crippen LogP contribution in [0.25, 0.3) is 0 Å². The van der Waals surface area contributed by atoms with E-state index in [1.807, 2.05) is 0 Å². The standard InChI is InChI=1S/C9H12N4O/c1-3-4-8(14)11-5-7-6-12-13(2)9(7)10/h1,6H,4-5,10H2,2H3,(H,11,14). The molecule has 0 saturated heterocycles. The molecule has 0 atom stereocenters. The second-order valence-corrected chi connectivity index (χ2v) is 2.84. The van der Waals surface area contributed by atoms with Crippen LogP contribution in [0.1, 0.15) is 12.0 Å². The van der Waals surface area contributed by atoms with Gasteiger partial charge in [-0.05, 0) is 0 Å². The number of nitrogens with zero attached hydrogens (tertiary/aromatic N) is 2. The number of aromatic nitrogens is 2. The molecule has 0 saturated carbocycles. The number of aryl methyl sites for hydroxylation is 1. The van der Waals surface area contributed by atoms with E-state index in [0.717, 1.165) is 5.56 Å². The van der Waals surface area contributed by atoms with Gasteiger partial charge in [-0.2, -0.15) is 5.10 Å². The first kappa shape index (κ1) is 10.1. The number of amides is 1. The van der Waals surface area contributed by atoms with Gasteiger partial charge in [-0.25, -0.2) is 0 Å². The Balaban J connectivity index is 2.51. The molecule has 0 bridgehead atoms. The van der Waals surface area contributed by atoms with Crippen LogP contribution >= 0.6 is 0 Å². The summed E-state index contributed by atoms with van der Waals surface area (Å²) in [6, 6.07) is 0. The highest BCUT2D eigenvalue weighted by Gasteiger charge is 2.05. The first-order valence-electron chi connectivity index (χ1n) is 4.11. The number of nitrogens with two attached hydrogens (primary N) is 1. The molecule has 0 unspecified atom stereocenters. The van der Waals surface area contributed by atoms with Crippen molar-refractivity contribution in [2.24, 2.45) is 7.05 Å². The number of carbonyl (C=O) groups is 1. The van der Waals surface area contributed by atoms with Gasteiger partial charge >= 0.3 is 0 Å². The Morgan fingerprint density at radius 1 is 1.86 bits per heavy atom. The lowest BCUT2D eigenvalue weighted by Gasteiger charge is -2.01. The van der Waals surface area contributed by atoms with Crippen molar-refractivity contribution in [3.63, 3.8) is 0 Å². The predicted octanol–water partition coefficient (Wildman–Crippen LogP) is -0.358. The molecule has 0 spiro atoms. The van der Waals surface area contributed by atoms with Gasteiger partial charge in [0, 0.05) is 19.2 Å². The molecule has 3 N–H and O–H groups in total. The molecule has 1 aromatic heterocycles. The fraction of sp³-hybridized carbons (Fsp3) is 0.333. The Kier molecular flexibility index (Phi) is 3.13. The molecular weight excluding hydrogens is 180 g/mol. The molecular formula is C9H12N4O. The lowest BCUT2D eigenvalue weighted by Crippen LogP contribution is -2.22. The lowest BCUT2D eigenvalue weighted by atomic mass is 10.3. The van der Waals surface area contributed by atoms with Crippen LogP contribution in [0, 0.1) is 12.3 Å². The minimum absolute atomic E-state index is 0.0835. The van der Waals surface area contributed by atoms with E-state index in [-0.39, 0.29) is 12.3 Å². The summed E-state index contributed by atoms with van der Waals surface area (Å²) in [5.41, 5.74) is 6.46. The highest BCUT2D eigenvalue weighted by atomic mass is 16.1. The molecule has 0 fully saturated rings. The van der Waals surface area contributed by atoms with E-state index >= 15 is 0 Å². The smallest absolute Gasteiger partial charge is 0.232 e. The normalized spacial score (nSPS) is 9.43. The van der Waals surface area contributed by atoms with Gasteiger partial charge in [0.2, 0.25) is 5.91 Å². The van der Waals surface area contributed by atoms with Crippen molar-refractivity contribution in [2.45, 2.75) is 13.0 Å². The van der Waals surface area contributed by atoms with Crippen LogP contribution < -0.4 is 11.1 Å². The van der Waals surface area contributed by atoms with Crippen LogP contribution in [-0.2, 0) is 18.4 Å². The Morgan fingerprint density at radius 3 is 3.07 bits per heavy atom. The molecule has 14 heavy (non-hydrogen) atoms. The molecule has 0 aliphatic heterocycles. The lowest BCUT2D eigenvalue weighted by molar-refractivity contribution is -0.120. The third-order valence-corrected chi connectivity index (χ3v) is 1.80. The van der Waals surface area contributed by atoms with Crippen LogP contribution in [0.4, 0.5) is 5.82 Å². The summed E-state index contributed by atoms with van der Waals surface area (Å²) in [6.07, 6.45) is 6.68. The van der Waals surface area contributed by atoms with Gasteiger partial charge in [0.05, 0.1) is 12.6 Å². The number of nitrogens with one attached hydrogen (secondary N) is 1. The fourth-order valence-electron chi connectivity index (χ4n) is 0.978. The van der Waals surface area contributed by atoms with E-state index in [2.05, 4.69) is 16.3 Å².